The Kier molecular flexibility index (Phi) is 3.78. The average molecular weight is 323 g/mol. The van der Waals surface area contributed by atoms with E-state index in [9.17, 15) is 8.78 Å². The summed E-state index contributed by atoms with van der Waals surface area (Å²) in [5.74, 6) is -0.449. The van der Waals surface area contributed by atoms with Gasteiger partial charge in [0.15, 0.2) is 11.6 Å². The fourth-order valence-electron chi connectivity index (χ4n) is 2.49. The summed E-state index contributed by atoms with van der Waals surface area (Å²) in [5.41, 5.74) is 1.17. The Morgan fingerprint density at radius 3 is 2.68 bits per heavy atom. The summed E-state index contributed by atoms with van der Waals surface area (Å²) in [6.07, 6.45) is 1.85. The SMILES string of the molecule is CCCn1c(C)nc2c(F)cc(-c3nc(Cl)ncc3F)cc21. The maximum atomic E-state index is 14.3. The molecule has 0 saturated carbocycles. The molecular formula is C15H13ClF2N4. The molecule has 0 aliphatic rings. The van der Waals surface area contributed by atoms with Gasteiger partial charge in [-0.1, -0.05) is 6.92 Å². The predicted octanol–water partition coefficient (Wildman–Crippen LogP) is 4.14. The fraction of sp³-hybridized carbons (Fsp3) is 0.267. The number of halogens is 3. The van der Waals surface area contributed by atoms with Gasteiger partial charge in [-0.05, 0) is 37.1 Å². The topological polar surface area (TPSA) is 43.6 Å². The monoisotopic (exact) mass is 322 g/mol. The Labute approximate surface area is 130 Å². The predicted molar refractivity (Wildman–Crippen MR) is 80.7 cm³/mol. The van der Waals surface area contributed by atoms with Crippen molar-refractivity contribution >= 4 is 22.6 Å². The van der Waals surface area contributed by atoms with Crippen LogP contribution in [-0.2, 0) is 6.54 Å². The van der Waals surface area contributed by atoms with Gasteiger partial charge in [0.1, 0.15) is 17.0 Å². The van der Waals surface area contributed by atoms with E-state index >= 15 is 0 Å². The van der Waals surface area contributed by atoms with Gasteiger partial charge in [-0.3, -0.25) is 0 Å². The average Bonchev–Trinajstić information content (AvgIpc) is 2.79. The van der Waals surface area contributed by atoms with E-state index in [-0.39, 0.29) is 16.5 Å². The largest absolute Gasteiger partial charge is 0.328 e. The van der Waals surface area contributed by atoms with Crippen LogP contribution in [0.25, 0.3) is 22.3 Å². The zero-order valence-electron chi connectivity index (χ0n) is 12.1. The molecule has 1 aromatic carbocycles. The number of rotatable bonds is 3. The third-order valence-electron chi connectivity index (χ3n) is 3.43. The summed E-state index contributed by atoms with van der Waals surface area (Å²) < 4.78 is 30.1. The zero-order valence-corrected chi connectivity index (χ0v) is 12.8. The molecule has 0 unspecified atom stereocenters. The summed E-state index contributed by atoms with van der Waals surface area (Å²) in [7, 11) is 0. The normalized spacial score (nSPS) is 11.3. The van der Waals surface area contributed by atoms with E-state index in [1.54, 1.807) is 6.07 Å². The molecule has 4 nitrogen and oxygen atoms in total. The first kappa shape index (κ1) is 14.8. The number of hydrogen-bond donors (Lipinski definition) is 0. The Morgan fingerprint density at radius 1 is 1.18 bits per heavy atom. The molecule has 2 aromatic heterocycles. The van der Waals surface area contributed by atoms with Gasteiger partial charge in [0.25, 0.3) is 0 Å². The summed E-state index contributed by atoms with van der Waals surface area (Å²) in [6, 6.07) is 2.89. The second-order valence-electron chi connectivity index (χ2n) is 4.97. The molecule has 114 valence electrons. The second kappa shape index (κ2) is 5.61. The van der Waals surface area contributed by atoms with Crippen LogP contribution >= 0.6 is 11.6 Å². The standard InChI is InChI=1S/C15H13ClF2N4/c1-3-4-22-8(2)20-14-10(17)5-9(6-12(14)22)13-11(18)7-19-15(16)21-13/h5-7H,3-4H2,1-2H3. The lowest BCUT2D eigenvalue weighted by atomic mass is 10.1. The molecule has 0 radical (unpaired) electrons. The number of nitrogens with zero attached hydrogens (tertiary/aromatic N) is 4. The molecule has 0 saturated heterocycles. The Hall–Kier alpha value is -2.08. The number of hydrogen-bond acceptors (Lipinski definition) is 3. The van der Waals surface area contributed by atoms with Crippen LogP contribution < -0.4 is 0 Å². The van der Waals surface area contributed by atoms with Crippen LogP contribution in [0.5, 0.6) is 0 Å². The number of aromatic nitrogens is 4. The highest BCUT2D eigenvalue weighted by molar-refractivity contribution is 6.28. The summed E-state index contributed by atoms with van der Waals surface area (Å²) in [5, 5.41) is -0.0878. The molecule has 2 heterocycles. The molecule has 0 aliphatic heterocycles. The maximum absolute atomic E-state index is 14.3. The van der Waals surface area contributed by atoms with Crippen molar-refractivity contribution in [2.45, 2.75) is 26.8 Å². The molecule has 0 bridgehead atoms. The molecule has 7 heteroatoms. The maximum Gasteiger partial charge on any atom is 0.223 e. The summed E-state index contributed by atoms with van der Waals surface area (Å²) in [4.78, 5) is 11.7. The highest BCUT2D eigenvalue weighted by Gasteiger charge is 2.16. The highest BCUT2D eigenvalue weighted by Crippen LogP contribution is 2.28. The molecule has 0 spiro atoms. The molecule has 0 amide bonds. The van der Waals surface area contributed by atoms with E-state index in [0.717, 1.165) is 12.6 Å². The quantitative estimate of drug-likeness (QED) is 0.681. The molecule has 0 fully saturated rings. The van der Waals surface area contributed by atoms with Crippen molar-refractivity contribution in [2.75, 3.05) is 0 Å². The van der Waals surface area contributed by atoms with Gasteiger partial charge in [0, 0.05) is 12.1 Å². The van der Waals surface area contributed by atoms with Gasteiger partial charge in [-0.15, -0.1) is 0 Å². The highest BCUT2D eigenvalue weighted by atomic mass is 35.5. The molecule has 0 N–H and O–H groups in total. The third kappa shape index (κ3) is 2.43. The summed E-state index contributed by atoms with van der Waals surface area (Å²) in [6.45, 7) is 4.55. The van der Waals surface area contributed by atoms with Gasteiger partial charge >= 0.3 is 0 Å². The van der Waals surface area contributed by atoms with E-state index in [4.69, 9.17) is 11.6 Å². The minimum absolute atomic E-state index is 0.0253. The van der Waals surface area contributed by atoms with Crippen LogP contribution in [0.1, 0.15) is 19.2 Å². The van der Waals surface area contributed by atoms with Crippen molar-refractivity contribution in [3.05, 3.63) is 41.1 Å². The molecule has 3 aromatic rings. The van der Waals surface area contributed by atoms with Crippen LogP contribution in [-0.4, -0.2) is 19.5 Å². The summed E-state index contributed by atoms with van der Waals surface area (Å²) >= 11 is 5.71. The Balaban J connectivity index is 2.27. The number of benzene rings is 1. The first-order valence-corrected chi connectivity index (χ1v) is 7.24. The number of imidazole rings is 1. The van der Waals surface area contributed by atoms with Crippen LogP contribution in [0.4, 0.5) is 8.78 Å². The van der Waals surface area contributed by atoms with Crippen LogP contribution in [0.2, 0.25) is 5.28 Å². The van der Waals surface area contributed by atoms with E-state index < -0.39 is 11.6 Å². The number of aryl methyl sites for hydroxylation is 2. The van der Waals surface area contributed by atoms with Crippen LogP contribution in [0.15, 0.2) is 18.3 Å². The van der Waals surface area contributed by atoms with Crippen molar-refractivity contribution in [1.29, 1.82) is 0 Å². The molecular weight excluding hydrogens is 310 g/mol. The molecule has 0 aliphatic carbocycles. The van der Waals surface area contributed by atoms with Gasteiger partial charge in [0.2, 0.25) is 5.28 Å². The lowest BCUT2D eigenvalue weighted by Gasteiger charge is -2.07. The van der Waals surface area contributed by atoms with Gasteiger partial charge in [0.05, 0.1) is 11.7 Å². The van der Waals surface area contributed by atoms with Gasteiger partial charge in [-0.2, -0.15) is 0 Å². The van der Waals surface area contributed by atoms with Crippen molar-refractivity contribution < 1.29 is 8.78 Å². The van der Waals surface area contributed by atoms with Crippen molar-refractivity contribution in [3.8, 4) is 11.3 Å². The first-order chi connectivity index (χ1) is 10.5. The third-order valence-corrected chi connectivity index (χ3v) is 3.62. The van der Waals surface area contributed by atoms with Gasteiger partial charge < -0.3 is 4.57 Å². The minimum atomic E-state index is -0.651. The first-order valence-electron chi connectivity index (χ1n) is 6.86. The van der Waals surface area contributed by atoms with E-state index in [0.29, 0.717) is 23.4 Å². The van der Waals surface area contributed by atoms with E-state index in [1.807, 2.05) is 18.4 Å². The van der Waals surface area contributed by atoms with Crippen LogP contribution in [0, 0.1) is 18.6 Å². The van der Waals surface area contributed by atoms with Crippen molar-refractivity contribution in [2.24, 2.45) is 0 Å². The molecule has 3 rings (SSSR count). The lowest BCUT2D eigenvalue weighted by molar-refractivity contribution is 0.616. The van der Waals surface area contributed by atoms with Crippen molar-refractivity contribution in [1.82, 2.24) is 19.5 Å². The van der Waals surface area contributed by atoms with E-state index in [2.05, 4.69) is 15.0 Å². The fourth-order valence-corrected chi connectivity index (χ4v) is 2.62. The number of fused-ring (bicyclic) bond motifs is 1. The lowest BCUT2D eigenvalue weighted by Crippen LogP contribution is -2.00. The smallest absolute Gasteiger partial charge is 0.223 e. The molecule has 0 atom stereocenters. The Bertz CT molecular complexity index is 860. The van der Waals surface area contributed by atoms with Crippen LogP contribution in [0.3, 0.4) is 0 Å². The van der Waals surface area contributed by atoms with Crippen molar-refractivity contribution in [3.63, 3.8) is 0 Å². The van der Waals surface area contributed by atoms with Gasteiger partial charge in [-0.25, -0.2) is 23.7 Å². The Morgan fingerprint density at radius 2 is 1.95 bits per heavy atom. The minimum Gasteiger partial charge on any atom is -0.328 e. The van der Waals surface area contributed by atoms with E-state index in [1.165, 1.54) is 6.07 Å². The second-order valence-corrected chi connectivity index (χ2v) is 5.31. The zero-order chi connectivity index (χ0) is 15.9. The molecule has 22 heavy (non-hydrogen) atoms.